The van der Waals surface area contributed by atoms with E-state index in [0.717, 1.165) is 30.1 Å². The van der Waals surface area contributed by atoms with E-state index in [1.54, 1.807) is 17.0 Å². The number of nitrogens with zero attached hydrogens (tertiary/aromatic N) is 4. The maximum absolute atomic E-state index is 13.4. The van der Waals surface area contributed by atoms with E-state index >= 15 is 0 Å². The molecule has 2 aliphatic rings. The number of alkyl halides is 2. The minimum atomic E-state index is -2.58. The highest BCUT2D eigenvalue weighted by atomic mass is 35.5. The standard InChI is InChI=1S/C21H26ClF2N5O/c1-14-16(22)3-2-4-17(14)25-20(30)8-7-18-26-27-19(29(18)15-5-6-15)9-11-28-12-10-21(23,24)13-28/h2-4,15H,5-13H2,1H3,(H,25,30). The summed E-state index contributed by atoms with van der Waals surface area (Å²) in [6.07, 6.45) is 3.41. The Labute approximate surface area is 179 Å². The summed E-state index contributed by atoms with van der Waals surface area (Å²) in [5.74, 6) is -1.07. The molecule has 4 rings (SSSR count). The molecule has 1 aliphatic carbocycles. The van der Waals surface area contributed by atoms with E-state index in [1.165, 1.54) is 0 Å². The van der Waals surface area contributed by atoms with Crippen molar-refractivity contribution in [3.05, 3.63) is 40.4 Å². The molecule has 162 valence electrons. The van der Waals surface area contributed by atoms with Crippen LogP contribution in [0.3, 0.4) is 0 Å². The molecule has 1 saturated heterocycles. The van der Waals surface area contributed by atoms with Gasteiger partial charge in [-0.05, 0) is 37.5 Å². The van der Waals surface area contributed by atoms with Gasteiger partial charge in [0.05, 0.1) is 6.54 Å². The Morgan fingerprint density at radius 1 is 1.27 bits per heavy atom. The summed E-state index contributed by atoms with van der Waals surface area (Å²) in [6.45, 7) is 2.65. The fourth-order valence-electron chi connectivity index (χ4n) is 3.89. The summed E-state index contributed by atoms with van der Waals surface area (Å²) >= 11 is 6.11. The van der Waals surface area contributed by atoms with E-state index in [4.69, 9.17) is 11.6 Å². The number of nitrogens with one attached hydrogen (secondary N) is 1. The fraction of sp³-hybridized carbons (Fsp3) is 0.571. The second-order valence-electron chi connectivity index (χ2n) is 8.23. The van der Waals surface area contributed by atoms with Gasteiger partial charge in [-0.15, -0.1) is 10.2 Å². The lowest BCUT2D eigenvalue weighted by Gasteiger charge is -2.16. The maximum atomic E-state index is 13.4. The minimum absolute atomic E-state index is 0.0746. The van der Waals surface area contributed by atoms with Crippen molar-refractivity contribution in [1.82, 2.24) is 19.7 Å². The van der Waals surface area contributed by atoms with E-state index < -0.39 is 5.92 Å². The third-order valence-electron chi connectivity index (χ3n) is 5.77. The predicted octanol–water partition coefficient (Wildman–Crippen LogP) is 4.03. The number of aromatic nitrogens is 3. The van der Waals surface area contributed by atoms with Gasteiger partial charge in [-0.3, -0.25) is 9.69 Å². The van der Waals surface area contributed by atoms with E-state index in [9.17, 15) is 13.6 Å². The van der Waals surface area contributed by atoms with Gasteiger partial charge in [0.1, 0.15) is 11.6 Å². The van der Waals surface area contributed by atoms with Crippen LogP contribution in [0, 0.1) is 6.92 Å². The van der Waals surface area contributed by atoms with Crippen LogP contribution in [0.1, 0.15) is 48.9 Å². The monoisotopic (exact) mass is 437 g/mol. The number of benzene rings is 1. The normalized spacial score (nSPS) is 18.7. The Hall–Kier alpha value is -2.06. The van der Waals surface area contributed by atoms with Crippen molar-refractivity contribution in [2.75, 3.05) is 25.0 Å². The van der Waals surface area contributed by atoms with Gasteiger partial charge in [0.25, 0.3) is 5.92 Å². The number of rotatable bonds is 8. The average molecular weight is 438 g/mol. The molecular formula is C21H26ClF2N5O. The van der Waals surface area contributed by atoms with Crippen LogP contribution >= 0.6 is 11.6 Å². The topological polar surface area (TPSA) is 63.1 Å². The molecule has 0 unspecified atom stereocenters. The third kappa shape index (κ3) is 4.98. The Kier molecular flexibility index (Phi) is 6.06. The summed E-state index contributed by atoms with van der Waals surface area (Å²) in [5.41, 5.74) is 1.54. The van der Waals surface area contributed by atoms with Crippen molar-refractivity contribution in [3.8, 4) is 0 Å². The SMILES string of the molecule is Cc1c(Cl)cccc1NC(=O)CCc1nnc(CCN2CCC(F)(F)C2)n1C1CC1. The minimum Gasteiger partial charge on any atom is -0.326 e. The zero-order valence-electron chi connectivity index (χ0n) is 17.0. The molecule has 2 fully saturated rings. The molecule has 0 spiro atoms. The molecule has 6 nitrogen and oxygen atoms in total. The van der Waals surface area contributed by atoms with Crippen LogP contribution < -0.4 is 5.32 Å². The first kappa shape index (κ1) is 21.2. The molecule has 1 aromatic carbocycles. The van der Waals surface area contributed by atoms with Gasteiger partial charge < -0.3 is 9.88 Å². The molecule has 1 amide bonds. The number of carbonyl (C=O) groups excluding carboxylic acids is 1. The number of likely N-dealkylation sites (tertiary alicyclic amines) is 1. The molecule has 0 radical (unpaired) electrons. The quantitative estimate of drug-likeness (QED) is 0.677. The molecule has 1 aromatic heterocycles. The van der Waals surface area contributed by atoms with Crippen LogP contribution in [-0.2, 0) is 17.6 Å². The lowest BCUT2D eigenvalue weighted by atomic mass is 10.2. The van der Waals surface area contributed by atoms with E-state index in [2.05, 4.69) is 20.1 Å². The van der Waals surface area contributed by atoms with Crippen LogP contribution in [-0.4, -0.2) is 51.1 Å². The summed E-state index contributed by atoms with van der Waals surface area (Å²) in [7, 11) is 0. The molecule has 1 N–H and O–H groups in total. The number of aryl methyl sites for hydroxylation is 1. The van der Waals surface area contributed by atoms with Crippen LogP contribution in [0.25, 0.3) is 0 Å². The molecule has 30 heavy (non-hydrogen) atoms. The Balaban J connectivity index is 1.35. The molecular weight excluding hydrogens is 412 g/mol. The van der Waals surface area contributed by atoms with Crippen LogP contribution in [0.15, 0.2) is 18.2 Å². The van der Waals surface area contributed by atoms with E-state index in [-0.39, 0.29) is 25.3 Å². The number of hydrogen-bond acceptors (Lipinski definition) is 4. The number of amides is 1. The largest absolute Gasteiger partial charge is 0.326 e. The molecule has 2 heterocycles. The summed E-state index contributed by atoms with van der Waals surface area (Å²) < 4.78 is 28.9. The molecule has 0 bridgehead atoms. The van der Waals surface area contributed by atoms with Crippen molar-refractivity contribution in [1.29, 1.82) is 0 Å². The van der Waals surface area contributed by atoms with Gasteiger partial charge in [0, 0.05) is 55.5 Å². The van der Waals surface area contributed by atoms with Crippen molar-refractivity contribution in [2.24, 2.45) is 0 Å². The van der Waals surface area contributed by atoms with Gasteiger partial charge >= 0.3 is 0 Å². The first-order valence-corrected chi connectivity index (χ1v) is 10.8. The van der Waals surface area contributed by atoms with Gasteiger partial charge in [-0.2, -0.15) is 0 Å². The molecule has 2 aromatic rings. The van der Waals surface area contributed by atoms with Gasteiger partial charge in [-0.25, -0.2) is 8.78 Å². The van der Waals surface area contributed by atoms with Gasteiger partial charge in [0.15, 0.2) is 0 Å². The Morgan fingerprint density at radius 3 is 2.67 bits per heavy atom. The molecule has 1 aliphatic heterocycles. The van der Waals surface area contributed by atoms with Crippen molar-refractivity contribution < 1.29 is 13.6 Å². The van der Waals surface area contributed by atoms with E-state index in [0.29, 0.717) is 42.7 Å². The summed E-state index contributed by atoms with van der Waals surface area (Å²) in [5, 5.41) is 12.1. The molecule has 1 saturated carbocycles. The second-order valence-corrected chi connectivity index (χ2v) is 8.63. The average Bonchev–Trinajstić information content (AvgIpc) is 3.36. The summed E-state index contributed by atoms with van der Waals surface area (Å²) in [4.78, 5) is 14.2. The predicted molar refractivity (Wildman–Crippen MR) is 111 cm³/mol. The second kappa shape index (κ2) is 8.59. The number of hydrogen-bond donors (Lipinski definition) is 1. The first-order chi connectivity index (χ1) is 14.3. The smallest absolute Gasteiger partial charge is 0.261 e. The highest BCUT2D eigenvalue weighted by molar-refractivity contribution is 6.31. The zero-order chi connectivity index (χ0) is 21.3. The Morgan fingerprint density at radius 2 is 2.00 bits per heavy atom. The number of carbonyl (C=O) groups is 1. The van der Waals surface area contributed by atoms with Crippen molar-refractivity contribution in [2.45, 2.75) is 57.4 Å². The number of halogens is 3. The van der Waals surface area contributed by atoms with Gasteiger partial charge in [0.2, 0.25) is 5.91 Å². The van der Waals surface area contributed by atoms with Gasteiger partial charge in [-0.1, -0.05) is 17.7 Å². The third-order valence-corrected chi connectivity index (χ3v) is 6.18. The Bertz CT molecular complexity index is 928. The van der Waals surface area contributed by atoms with Crippen molar-refractivity contribution >= 4 is 23.2 Å². The van der Waals surface area contributed by atoms with Crippen molar-refractivity contribution in [3.63, 3.8) is 0 Å². The van der Waals surface area contributed by atoms with E-state index in [1.807, 2.05) is 13.0 Å². The van der Waals surface area contributed by atoms with Crippen LogP contribution in [0.4, 0.5) is 14.5 Å². The highest BCUT2D eigenvalue weighted by Crippen LogP contribution is 2.37. The van der Waals surface area contributed by atoms with Crippen LogP contribution in [0.2, 0.25) is 5.02 Å². The fourth-order valence-corrected chi connectivity index (χ4v) is 4.07. The first-order valence-electron chi connectivity index (χ1n) is 10.4. The zero-order valence-corrected chi connectivity index (χ0v) is 17.8. The molecule has 9 heteroatoms. The molecule has 0 atom stereocenters. The lowest BCUT2D eigenvalue weighted by Crippen LogP contribution is -2.27. The van der Waals surface area contributed by atoms with Crippen LogP contribution in [0.5, 0.6) is 0 Å². The number of anilines is 1. The lowest BCUT2D eigenvalue weighted by molar-refractivity contribution is -0.116. The maximum Gasteiger partial charge on any atom is 0.261 e. The summed E-state index contributed by atoms with van der Waals surface area (Å²) in [6, 6.07) is 5.78. The highest BCUT2D eigenvalue weighted by Gasteiger charge is 2.38.